The fourth-order valence-electron chi connectivity index (χ4n) is 3.02. The van der Waals surface area contributed by atoms with Gasteiger partial charge in [-0.3, -0.25) is 0 Å². The van der Waals surface area contributed by atoms with Gasteiger partial charge >= 0.3 is 0 Å². The van der Waals surface area contributed by atoms with Gasteiger partial charge in [-0.05, 0) is 32.0 Å². The van der Waals surface area contributed by atoms with Crippen LogP contribution in [-0.2, 0) is 13.6 Å². The highest BCUT2D eigenvalue weighted by Gasteiger charge is 2.14. The van der Waals surface area contributed by atoms with E-state index >= 15 is 0 Å². The zero-order chi connectivity index (χ0) is 18.8. The lowest BCUT2D eigenvalue weighted by Crippen LogP contribution is -2.06. The van der Waals surface area contributed by atoms with Crippen LogP contribution in [0.1, 0.15) is 17.0 Å². The zero-order valence-electron chi connectivity index (χ0n) is 15.7. The molecule has 0 saturated carbocycles. The molecule has 0 amide bonds. The molecule has 6 nitrogen and oxygen atoms in total. The second-order valence-corrected chi connectivity index (χ2v) is 6.64. The van der Waals surface area contributed by atoms with Crippen molar-refractivity contribution >= 4 is 5.95 Å². The number of benzene rings is 2. The van der Waals surface area contributed by atoms with Crippen LogP contribution in [0.15, 0.2) is 60.8 Å². The summed E-state index contributed by atoms with van der Waals surface area (Å²) < 4.78 is 3.87. The summed E-state index contributed by atoms with van der Waals surface area (Å²) in [6, 6.07) is 18.6. The Morgan fingerprint density at radius 1 is 0.963 bits per heavy atom. The maximum absolute atomic E-state index is 4.87. The third-order valence-electron chi connectivity index (χ3n) is 4.63. The zero-order valence-corrected chi connectivity index (χ0v) is 15.7. The summed E-state index contributed by atoms with van der Waals surface area (Å²) in [5, 5.41) is 16.5. The highest BCUT2D eigenvalue weighted by molar-refractivity contribution is 5.64. The van der Waals surface area contributed by atoms with Gasteiger partial charge < -0.3 is 9.88 Å². The van der Waals surface area contributed by atoms with E-state index in [9.17, 15) is 0 Å². The minimum Gasteiger partial charge on any atom is -0.350 e. The van der Waals surface area contributed by atoms with Crippen molar-refractivity contribution in [1.82, 2.24) is 24.5 Å². The lowest BCUT2D eigenvalue weighted by atomic mass is 10.1. The van der Waals surface area contributed by atoms with E-state index in [0.29, 0.717) is 6.54 Å². The molecule has 2 aromatic heterocycles. The van der Waals surface area contributed by atoms with Crippen molar-refractivity contribution in [2.75, 3.05) is 5.32 Å². The number of aromatic nitrogens is 5. The highest BCUT2D eigenvalue weighted by atomic mass is 15.3. The molecule has 4 aromatic rings. The Morgan fingerprint density at radius 3 is 2.48 bits per heavy atom. The quantitative estimate of drug-likeness (QED) is 0.588. The van der Waals surface area contributed by atoms with E-state index in [0.717, 1.165) is 34.3 Å². The maximum atomic E-state index is 4.87. The molecule has 0 bridgehead atoms. The van der Waals surface area contributed by atoms with Gasteiger partial charge in [-0.25, -0.2) is 4.68 Å². The molecule has 1 N–H and O–H groups in total. The largest absolute Gasteiger partial charge is 0.350 e. The fourth-order valence-corrected chi connectivity index (χ4v) is 3.02. The lowest BCUT2D eigenvalue weighted by molar-refractivity contribution is 0.854. The Balaban J connectivity index is 1.72. The Morgan fingerprint density at radius 2 is 1.78 bits per heavy atom. The Kier molecular flexibility index (Phi) is 4.46. The number of nitrogens with zero attached hydrogens (tertiary/aromatic N) is 5. The van der Waals surface area contributed by atoms with E-state index in [-0.39, 0.29) is 0 Å². The number of hydrogen-bond acceptors (Lipinski definition) is 4. The minimum absolute atomic E-state index is 0.613. The van der Waals surface area contributed by atoms with Crippen molar-refractivity contribution in [2.45, 2.75) is 20.4 Å². The molecule has 27 heavy (non-hydrogen) atoms. The molecule has 0 atom stereocenters. The molecule has 0 aliphatic heterocycles. The van der Waals surface area contributed by atoms with Crippen LogP contribution in [0.2, 0.25) is 0 Å². The summed E-state index contributed by atoms with van der Waals surface area (Å²) in [5.41, 5.74) is 5.42. The van der Waals surface area contributed by atoms with Crippen molar-refractivity contribution < 1.29 is 0 Å². The van der Waals surface area contributed by atoms with Gasteiger partial charge in [0.25, 0.3) is 0 Å². The van der Waals surface area contributed by atoms with Crippen LogP contribution in [0.3, 0.4) is 0 Å². The maximum Gasteiger partial charge on any atom is 0.224 e. The van der Waals surface area contributed by atoms with Crippen LogP contribution >= 0.6 is 0 Å². The van der Waals surface area contributed by atoms with E-state index in [4.69, 9.17) is 5.10 Å². The summed E-state index contributed by atoms with van der Waals surface area (Å²) in [4.78, 5) is 0. The fraction of sp³-hybridized carbons (Fsp3) is 0.190. The van der Waals surface area contributed by atoms with E-state index < -0.39 is 0 Å². The first-order valence-electron chi connectivity index (χ1n) is 8.92. The van der Waals surface area contributed by atoms with E-state index in [1.807, 2.05) is 41.4 Å². The molecule has 0 unspecified atom stereocenters. The van der Waals surface area contributed by atoms with Gasteiger partial charge in [0.2, 0.25) is 5.95 Å². The van der Waals surface area contributed by atoms with Gasteiger partial charge in [0.1, 0.15) is 5.82 Å². The molecule has 0 aliphatic carbocycles. The molecule has 136 valence electrons. The topological polar surface area (TPSA) is 60.6 Å². The van der Waals surface area contributed by atoms with Crippen LogP contribution in [-0.4, -0.2) is 24.5 Å². The Hall–Kier alpha value is -3.41. The van der Waals surface area contributed by atoms with Gasteiger partial charge in [0.15, 0.2) is 0 Å². The summed E-state index contributed by atoms with van der Waals surface area (Å²) in [5.74, 6) is 1.62. The monoisotopic (exact) mass is 358 g/mol. The molecule has 0 radical (unpaired) electrons. The number of aryl methyl sites for hydroxylation is 2. The molecule has 0 aliphatic rings. The van der Waals surface area contributed by atoms with Crippen LogP contribution in [0.5, 0.6) is 0 Å². The SMILES string of the molecule is Cc1cccc(-c2nn(-c3ccccc3)cc2CNc2nnc(C)n2C)c1. The summed E-state index contributed by atoms with van der Waals surface area (Å²) in [6.45, 7) is 4.64. The van der Waals surface area contributed by atoms with Crippen molar-refractivity contribution in [3.63, 3.8) is 0 Å². The van der Waals surface area contributed by atoms with Gasteiger partial charge in [-0.2, -0.15) is 5.10 Å². The van der Waals surface area contributed by atoms with Gasteiger partial charge in [-0.15, -0.1) is 10.2 Å². The van der Waals surface area contributed by atoms with E-state index in [1.54, 1.807) is 0 Å². The van der Waals surface area contributed by atoms with Crippen molar-refractivity contribution in [2.24, 2.45) is 7.05 Å². The average Bonchev–Trinajstić information content (AvgIpc) is 3.25. The first-order chi connectivity index (χ1) is 13.1. The van der Waals surface area contributed by atoms with Gasteiger partial charge in [0, 0.05) is 30.9 Å². The summed E-state index contributed by atoms with van der Waals surface area (Å²) >= 11 is 0. The second-order valence-electron chi connectivity index (χ2n) is 6.64. The first kappa shape index (κ1) is 17.0. The second kappa shape index (κ2) is 7.07. The minimum atomic E-state index is 0.613. The lowest BCUT2D eigenvalue weighted by Gasteiger charge is -2.06. The Labute approximate surface area is 158 Å². The number of hydrogen-bond donors (Lipinski definition) is 1. The van der Waals surface area contributed by atoms with Crippen molar-refractivity contribution in [3.05, 3.63) is 77.7 Å². The molecule has 4 rings (SSSR count). The van der Waals surface area contributed by atoms with Crippen LogP contribution < -0.4 is 5.32 Å². The first-order valence-corrected chi connectivity index (χ1v) is 8.92. The molecule has 6 heteroatoms. The molecule has 0 fully saturated rings. The average molecular weight is 358 g/mol. The predicted octanol–water partition coefficient (Wildman–Crippen LogP) is 3.90. The third-order valence-corrected chi connectivity index (χ3v) is 4.63. The molecule has 2 heterocycles. The molecule has 2 aromatic carbocycles. The Bertz CT molecular complexity index is 1060. The predicted molar refractivity (Wildman–Crippen MR) is 107 cm³/mol. The number of anilines is 1. The normalized spacial score (nSPS) is 10.9. The highest BCUT2D eigenvalue weighted by Crippen LogP contribution is 2.25. The van der Waals surface area contributed by atoms with Gasteiger partial charge in [-0.1, -0.05) is 42.0 Å². The smallest absolute Gasteiger partial charge is 0.224 e. The molecular weight excluding hydrogens is 336 g/mol. The standard InChI is InChI=1S/C21H22N6/c1-15-8-7-9-17(12-15)20-18(13-22-21-24-23-16(2)26(21)3)14-27(25-20)19-10-5-4-6-11-19/h4-12,14H,13H2,1-3H3,(H,22,24). The van der Waals surface area contributed by atoms with Crippen molar-refractivity contribution in [3.8, 4) is 16.9 Å². The number of nitrogens with one attached hydrogen (secondary N) is 1. The van der Waals surface area contributed by atoms with Gasteiger partial charge in [0.05, 0.1) is 11.4 Å². The third kappa shape index (κ3) is 3.46. The van der Waals surface area contributed by atoms with E-state index in [1.165, 1.54) is 5.56 Å². The number of para-hydroxylation sites is 1. The van der Waals surface area contributed by atoms with Crippen LogP contribution in [0.4, 0.5) is 5.95 Å². The summed E-state index contributed by atoms with van der Waals surface area (Å²) in [7, 11) is 1.95. The van der Waals surface area contributed by atoms with Crippen LogP contribution in [0.25, 0.3) is 16.9 Å². The van der Waals surface area contributed by atoms with E-state index in [2.05, 4.69) is 65.0 Å². The van der Waals surface area contributed by atoms with Crippen molar-refractivity contribution in [1.29, 1.82) is 0 Å². The molecule has 0 spiro atoms. The van der Waals surface area contributed by atoms with Crippen LogP contribution in [0, 0.1) is 13.8 Å². The molecule has 0 saturated heterocycles. The molecular formula is C21H22N6. The summed E-state index contributed by atoms with van der Waals surface area (Å²) in [6.07, 6.45) is 2.07. The number of rotatable bonds is 5.